The van der Waals surface area contributed by atoms with E-state index >= 15 is 0 Å². The molecule has 0 spiro atoms. The fraction of sp³-hybridized carbons (Fsp3) is 1.00. The largest absolute Gasteiger partial charge is 0.394 e. The van der Waals surface area contributed by atoms with Gasteiger partial charge < -0.3 is 15.7 Å². The Bertz CT molecular complexity index is 174. The van der Waals surface area contributed by atoms with Crippen LogP contribution in [0.5, 0.6) is 0 Å². The lowest BCUT2D eigenvalue weighted by molar-refractivity contribution is 0.115. The quantitative estimate of drug-likeness (QED) is 0.723. The van der Waals surface area contributed by atoms with Gasteiger partial charge in [-0.1, -0.05) is 19.8 Å². The molecule has 1 saturated heterocycles. The smallest absolute Gasteiger partial charge is 0.0621 e. The van der Waals surface area contributed by atoms with Crippen LogP contribution in [-0.4, -0.2) is 41.8 Å². The Morgan fingerprint density at radius 2 is 2.00 bits per heavy atom. The Hall–Kier alpha value is -0.120. The minimum Gasteiger partial charge on any atom is -0.394 e. The second kappa shape index (κ2) is 5.83. The van der Waals surface area contributed by atoms with Crippen molar-refractivity contribution in [2.75, 3.05) is 26.2 Å². The van der Waals surface area contributed by atoms with Crippen molar-refractivity contribution < 1.29 is 5.11 Å². The molecule has 0 aromatic carbocycles. The van der Waals surface area contributed by atoms with Crippen LogP contribution in [0.2, 0.25) is 0 Å². The van der Waals surface area contributed by atoms with E-state index in [-0.39, 0.29) is 6.61 Å². The Kier molecular flexibility index (Phi) is 5.03. The van der Waals surface area contributed by atoms with Gasteiger partial charge in [0.05, 0.1) is 6.61 Å². The van der Waals surface area contributed by atoms with Gasteiger partial charge in [-0.2, -0.15) is 0 Å². The molecular weight excluding hydrogens is 188 g/mol. The topological polar surface area (TPSA) is 49.5 Å². The molecule has 0 amide bonds. The summed E-state index contributed by atoms with van der Waals surface area (Å²) in [6.07, 6.45) is 5.27. The van der Waals surface area contributed by atoms with Crippen molar-refractivity contribution in [1.29, 1.82) is 0 Å². The minimum absolute atomic E-state index is 0.0713. The molecule has 0 radical (unpaired) electrons. The average Bonchev–Trinajstić information content (AvgIpc) is 2.21. The van der Waals surface area contributed by atoms with Gasteiger partial charge >= 0.3 is 0 Å². The van der Waals surface area contributed by atoms with Gasteiger partial charge in [-0.15, -0.1) is 0 Å². The van der Waals surface area contributed by atoms with E-state index in [9.17, 15) is 0 Å². The summed E-state index contributed by atoms with van der Waals surface area (Å²) in [4.78, 5) is 2.39. The lowest BCUT2D eigenvalue weighted by Gasteiger charge is -2.36. The number of hydrogen-bond donors (Lipinski definition) is 2. The molecule has 0 aromatic rings. The molecule has 1 unspecified atom stereocenters. The van der Waals surface area contributed by atoms with Gasteiger partial charge in [0.15, 0.2) is 0 Å². The predicted molar refractivity (Wildman–Crippen MR) is 63.8 cm³/mol. The summed E-state index contributed by atoms with van der Waals surface area (Å²) in [5, 5.41) is 9.11. The van der Waals surface area contributed by atoms with Crippen molar-refractivity contribution in [1.82, 2.24) is 4.90 Å². The van der Waals surface area contributed by atoms with E-state index in [1.807, 2.05) is 6.92 Å². The summed E-state index contributed by atoms with van der Waals surface area (Å²) in [7, 11) is 0. The van der Waals surface area contributed by atoms with E-state index in [1.165, 1.54) is 25.7 Å². The Balaban J connectivity index is 2.25. The molecule has 15 heavy (non-hydrogen) atoms. The maximum atomic E-state index is 9.11. The maximum Gasteiger partial charge on any atom is 0.0621 e. The van der Waals surface area contributed by atoms with Gasteiger partial charge in [-0.25, -0.2) is 0 Å². The first-order valence-electron chi connectivity index (χ1n) is 6.19. The molecule has 1 heterocycles. The maximum absolute atomic E-state index is 9.11. The zero-order valence-electron chi connectivity index (χ0n) is 10.2. The Morgan fingerprint density at radius 1 is 1.40 bits per heavy atom. The first-order valence-corrected chi connectivity index (χ1v) is 6.19. The zero-order chi connectivity index (χ0) is 11.3. The highest BCUT2D eigenvalue weighted by atomic mass is 16.3. The van der Waals surface area contributed by atoms with Crippen LogP contribution in [0.25, 0.3) is 0 Å². The van der Waals surface area contributed by atoms with E-state index < -0.39 is 5.54 Å². The van der Waals surface area contributed by atoms with Crippen LogP contribution in [-0.2, 0) is 0 Å². The molecule has 0 aliphatic carbocycles. The molecule has 0 aromatic heterocycles. The van der Waals surface area contributed by atoms with Crippen LogP contribution < -0.4 is 5.73 Å². The normalized spacial score (nSPS) is 24.0. The van der Waals surface area contributed by atoms with Gasteiger partial charge in [0.1, 0.15) is 0 Å². The van der Waals surface area contributed by atoms with Crippen molar-refractivity contribution in [2.45, 2.75) is 45.1 Å². The van der Waals surface area contributed by atoms with Gasteiger partial charge in [0, 0.05) is 12.1 Å². The number of likely N-dealkylation sites (tertiary alicyclic amines) is 1. The molecule has 3 N–H and O–H groups in total. The lowest BCUT2D eigenvalue weighted by atomic mass is 9.91. The van der Waals surface area contributed by atoms with Crippen molar-refractivity contribution in [3.05, 3.63) is 0 Å². The van der Waals surface area contributed by atoms with E-state index in [4.69, 9.17) is 10.8 Å². The van der Waals surface area contributed by atoms with E-state index in [2.05, 4.69) is 11.8 Å². The number of aliphatic hydroxyl groups is 1. The number of piperidine rings is 1. The standard InChI is InChI=1S/C12H26N2O/c1-3-4-11-5-7-14(8-6-11)9-12(2,13)10-15/h11,15H,3-10,13H2,1-2H3. The second-order valence-electron chi connectivity index (χ2n) is 5.32. The molecule has 1 atom stereocenters. The zero-order valence-corrected chi connectivity index (χ0v) is 10.2. The monoisotopic (exact) mass is 214 g/mol. The number of aliphatic hydroxyl groups excluding tert-OH is 1. The van der Waals surface area contributed by atoms with Crippen molar-refractivity contribution >= 4 is 0 Å². The number of nitrogens with zero attached hydrogens (tertiary/aromatic N) is 1. The Labute approximate surface area is 93.6 Å². The Morgan fingerprint density at radius 3 is 2.47 bits per heavy atom. The predicted octanol–water partition coefficient (Wildman–Crippen LogP) is 1.21. The second-order valence-corrected chi connectivity index (χ2v) is 5.32. The van der Waals surface area contributed by atoms with Gasteiger partial charge in [0.25, 0.3) is 0 Å². The van der Waals surface area contributed by atoms with E-state index in [0.29, 0.717) is 0 Å². The van der Waals surface area contributed by atoms with Gasteiger partial charge in [-0.05, 0) is 38.8 Å². The number of hydrogen-bond acceptors (Lipinski definition) is 3. The van der Waals surface area contributed by atoms with E-state index in [1.54, 1.807) is 0 Å². The molecular formula is C12H26N2O. The highest BCUT2D eigenvalue weighted by Crippen LogP contribution is 2.22. The summed E-state index contributed by atoms with van der Waals surface area (Å²) in [6, 6.07) is 0. The van der Waals surface area contributed by atoms with Gasteiger partial charge in [0.2, 0.25) is 0 Å². The molecule has 90 valence electrons. The minimum atomic E-state index is -0.433. The molecule has 1 aliphatic rings. The summed E-state index contributed by atoms with van der Waals surface area (Å²) in [6.45, 7) is 7.37. The molecule has 1 aliphatic heterocycles. The molecule has 0 saturated carbocycles. The van der Waals surface area contributed by atoms with Crippen LogP contribution >= 0.6 is 0 Å². The van der Waals surface area contributed by atoms with Crippen molar-refractivity contribution in [3.8, 4) is 0 Å². The van der Waals surface area contributed by atoms with Crippen molar-refractivity contribution in [3.63, 3.8) is 0 Å². The van der Waals surface area contributed by atoms with E-state index in [0.717, 1.165) is 25.6 Å². The van der Waals surface area contributed by atoms with Crippen LogP contribution in [0.1, 0.15) is 39.5 Å². The van der Waals surface area contributed by atoms with Crippen LogP contribution in [0.4, 0.5) is 0 Å². The lowest BCUT2D eigenvalue weighted by Crippen LogP contribution is -2.52. The average molecular weight is 214 g/mol. The molecule has 3 nitrogen and oxygen atoms in total. The first kappa shape index (κ1) is 12.9. The van der Waals surface area contributed by atoms with Crippen molar-refractivity contribution in [2.24, 2.45) is 11.7 Å². The molecule has 1 rings (SSSR count). The number of rotatable bonds is 5. The fourth-order valence-electron chi connectivity index (χ4n) is 2.40. The van der Waals surface area contributed by atoms with Crippen LogP contribution in [0.3, 0.4) is 0 Å². The summed E-state index contributed by atoms with van der Waals surface area (Å²) < 4.78 is 0. The third-order valence-corrected chi connectivity index (χ3v) is 3.35. The molecule has 0 bridgehead atoms. The highest BCUT2D eigenvalue weighted by molar-refractivity contribution is 4.84. The molecule has 3 heteroatoms. The highest BCUT2D eigenvalue weighted by Gasteiger charge is 2.25. The fourth-order valence-corrected chi connectivity index (χ4v) is 2.40. The third kappa shape index (κ3) is 4.49. The summed E-state index contributed by atoms with van der Waals surface area (Å²) in [5.41, 5.74) is 5.52. The number of nitrogens with two attached hydrogens (primary N) is 1. The summed E-state index contributed by atoms with van der Waals surface area (Å²) in [5.74, 6) is 0.921. The summed E-state index contributed by atoms with van der Waals surface area (Å²) >= 11 is 0. The van der Waals surface area contributed by atoms with Gasteiger partial charge in [-0.3, -0.25) is 0 Å². The van der Waals surface area contributed by atoms with Crippen LogP contribution in [0.15, 0.2) is 0 Å². The first-order chi connectivity index (χ1) is 7.07. The molecule has 1 fully saturated rings. The van der Waals surface area contributed by atoms with Crippen LogP contribution in [0, 0.1) is 5.92 Å². The SMILES string of the molecule is CCCC1CCN(CC(C)(N)CO)CC1. The third-order valence-electron chi connectivity index (χ3n) is 3.35.